The van der Waals surface area contributed by atoms with Gasteiger partial charge < -0.3 is 0 Å². The van der Waals surface area contributed by atoms with Gasteiger partial charge in [-0.05, 0) is 168 Å². The van der Waals surface area contributed by atoms with E-state index in [0.29, 0.717) is 16.2 Å². The molecule has 0 amide bonds. The Labute approximate surface area is 469 Å². The second-order valence-corrected chi connectivity index (χ2v) is 19.5. The Bertz CT molecular complexity index is 3570. The molecule has 0 spiro atoms. The lowest BCUT2D eigenvalue weighted by Gasteiger charge is -2.16. The van der Waals surface area contributed by atoms with E-state index in [-0.39, 0.29) is 42.2 Å². The maximum absolute atomic E-state index is 12.9. The van der Waals surface area contributed by atoms with Gasteiger partial charge in [-0.15, -0.1) is 26.3 Å². The zero-order valence-electron chi connectivity index (χ0n) is 45.4. The highest BCUT2D eigenvalue weighted by atomic mass is 16.1. The topological polar surface area (TPSA) is 143 Å². The number of hydrogen-bond acceptors (Lipinski definition) is 9. The monoisotopic (exact) mass is 1060 g/mol. The van der Waals surface area contributed by atoms with Crippen molar-refractivity contribution in [1.29, 1.82) is 0 Å². The van der Waals surface area contributed by atoms with Gasteiger partial charge in [-0.2, -0.15) is 0 Å². The van der Waals surface area contributed by atoms with Crippen LogP contribution in [0.3, 0.4) is 0 Å². The molecule has 12 heteroatoms. The van der Waals surface area contributed by atoms with Crippen molar-refractivity contribution in [3.05, 3.63) is 236 Å². The SMILES string of the molecule is C.C=C.C=C.CC1CCCCc2nc3cc(C#Cc4ccccn4)ccc3c(=O)n21.CC1CCCCc2nc3cc(C#Cc4ccccn4)ccc3c(=O)n21.CC1CCCCc2nc3cc(C#Cc4ccccn4)ccc3c(=O)n21. The maximum atomic E-state index is 12.9. The lowest BCUT2D eigenvalue weighted by molar-refractivity contribution is 0.487. The first kappa shape index (κ1) is 58.4. The fraction of sp³-hybridized carbons (Fsp3) is 0.279. The van der Waals surface area contributed by atoms with Crippen LogP contribution >= 0.6 is 0 Å². The largest absolute Gasteiger partial charge is 0.293 e. The highest BCUT2D eigenvalue weighted by molar-refractivity contribution is 5.81. The predicted octanol–water partition coefficient (Wildman–Crippen LogP) is 12.7. The summed E-state index contributed by atoms with van der Waals surface area (Å²) in [6.45, 7) is 18.3. The average molecular weight is 1060 g/mol. The third-order valence-corrected chi connectivity index (χ3v) is 14.1. The van der Waals surface area contributed by atoms with Crippen LogP contribution in [-0.2, 0) is 19.3 Å². The summed E-state index contributed by atoms with van der Waals surface area (Å²) in [6, 6.07) is 34.5. The molecule has 0 N–H and O–H groups in total. The summed E-state index contributed by atoms with van der Waals surface area (Å²) in [5, 5.41) is 2.00. The minimum atomic E-state index is 0. The molecule has 404 valence electrons. The van der Waals surface area contributed by atoms with Crippen LogP contribution in [0.25, 0.3) is 32.7 Å². The van der Waals surface area contributed by atoms with Crippen LogP contribution in [-0.4, -0.2) is 43.6 Å². The number of benzene rings is 3. The van der Waals surface area contributed by atoms with Crippen molar-refractivity contribution in [3.63, 3.8) is 0 Å². The Balaban J connectivity index is 0.000000167. The van der Waals surface area contributed by atoms with Crippen molar-refractivity contribution in [2.24, 2.45) is 0 Å². The van der Waals surface area contributed by atoms with Crippen LogP contribution in [0.15, 0.2) is 168 Å². The van der Waals surface area contributed by atoms with Crippen molar-refractivity contribution in [1.82, 2.24) is 43.6 Å². The van der Waals surface area contributed by atoms with Gasteiger partial charge in [-0.3, -0.25) is 28.1 Å². The molecule has 0 aliphatic carbocycles. The highest BCUT2D eigenvalue weighted by Crippen LogP contribution is 2.26. The van der Waals surface area contributed by atoms with Crippen LogP contribution in [0.1, 0.15) is 155 Å². The quantitative estimate of drug-likeness (QED) is 0.107. The van der Waals surface area contributed by atoms with E-state index in [9.17, 15) is 14.4 Å². The van der Waals surface area contributed by atoms with Gasteiger partial charge in [-0.25, -0.2) is 29.9 Å². The molecule has 12 rings (SSSR count). The Morgan fingerprint density at radius 3 is 0.950 bits per heavy atom. The smallest absolute Gasteiger partial charge is 0.261 e. The molecule has 3 aliphatic rings. The Hall–Kier alpha value is -9.31. The number of nitrogens with zero attached hydrogens (tertiary/aromatic N) is 9. The number of fused-ring (bicyclic) bond motifs is 6. The highest BCUT2D eigenvalue weighted by Gasteiger charge is 2.22. The Kier molecular flexibility index (Phi) is 20.7. The fourth-order valence-electron chi connectivity index (χ4n) is 10.1. The summed E-state index contributed by atoms with van der Waals surface area (Å²) < 4.78 is 5.65. The van der Waals surface area contributed by atoms with Crippen LogP contribution < -0.4 is 16.7 Å². The average Bonchev–Trinajstić information content (AvgIpc) is 3.99. The summed E-state index contributed by atoms with van der Waals surface area (Å²) in [6.07, 6.45) is 17.5. The van der Waals surface area contributed by atoms with Crippen molar-refractivity contribution in [2.75, 3.05) is 0 Å². The summed E-state index contributed by atoms with van der Waals surface area (Å²) in [4.78, 5) is 65.7. The number of hydrogen-bond donors (Lipinski definition) is 0. The third kappa shape index (κ3) is 14.0. The molecule has 0 fully saturated rings. The van der Waals surface area contributed by atoms with Gasteiger partial charge in [0.15, 0.2) is 0 Å². The van der Waals surface area contributed by atoms with Crippen LogP contribution in [0, 0.1) is 35.5 Å². The second kappa shape index (κ2) is 28.4. The zero-order valence-corrected chi connectivity index (χ0v) is 45.4. The van der Waals surface area contributed by atoms with E-state index in [1.807, 2.05) is 123 Å². The van der Waals surface area contributed by atoms with E-state index in [4.69, 9.17) is 15.0 Å². The summed E-state index contributed by atoms with van der Waals surface area (Å²) in [5.41, 5.74) is 7.12. The molecule has 3 aromatic carbocycles. The molecule has 0 saturated carbocycles. The molecule has 0 bridgehead atoms. The van der Waals surface area contributed by atoms with E-state index < -0.39 is 0 Å². The van der Waals surface area contributed by atoms with E-state index in [1.54, 1.807) is 18.6 Å². The van der Waals surface area contributed by atoms with Crippen molar-refractivity contribution in [2.45, 2.75) is 123 Å². The second-order valence-electron chi connectivity index (χ2n) is 19.5. The van der Waals surface area contributed by atoms with Gasteiger partial charge in [-0.1, -0.05) is 62.6 Å². The molecule has 3 unspecified atom stereocenters. The maximum Gasteiger partial charge on any atom is 0.261 e. The molecule has 9 aromatic rings. The molecule has 0 radical (unpaired) electrons. The van der Waals surface area contributed by atoms with Gasteiger partial charge in [0, 0.05) is 72.7 Å². The lowest BCUT2D eigenvalue weighted by Crippen LogP contribution is -2.27. The van der Waals surface area contributed by atoms with Crippen LogP contribution in [0.2, 0.25) is 0 Å². The molecule has 9 heterocycles. The zero-order chi connectivity index (χ0) is 55.7. The molecule has 12 nitrogen and oxygen atoms in total. The number of aromatic nitrogens is 9. The molecule has 80 heavy (non-hydrogen) atoms. The summed E-state index contributed by atoms with van der Waals surface area (Å²) >= 11 is 0. The van der Waals surface area contributed by atoms with Gasteiger partial charge >= 0.3 is 0 Å². The fourth-order valence-corrected chi connectivity index (χ4v) is 10.1. The molecular formula is C68H69N9O3. The molecular weight excluding hydrogens is 991 g/mol. The van der Waals surface area contributed by atoms with Crippen molar-refractivity contribution >= 4 is 32.7 Å². The van der Waals surface area contributed by atoms with Crippen LogP contribution in [0.4, 0.5) is 0 Å². The first-order valence-corrected chi connectivity index (χ1v) is 27.1. The molecule has 3 atom stereocenters. The van der Waals surface area contributed by atoms with Gasteiger partial charge in [0.25, 0.3) is 16.7 Å². The van der Waals surface area contributed by atoms with E-state index in [0.717, 1.165) is 145 Å². The van der Waals surface area contributed by atoms with Crippen molar-refractivity contribution < 1.29 is 0 Å². The van der Waals surface area contributed by atoms with Gasteiger partial charge in [0.05, 0.1) is 32.7 Å². The lowest BCUT2D eigenvalue weighted by atomic mass is 10.1. The first-order valence-electron chi connectivity index (χ1n) is 27.1. The van der Waals surface area contributed by atoms with E-state index in [1.165, 1.54) is 0 Å². The third-order valence-electron chi connectivity index (χ3n) is 14.1. The number of aryl methyl sites for hydroxylation is 3. The van der Waals surface area contributed by atoms with E-state index >= 15 is 0 Å². The molecule has 0 saturated heterocycles. The normalized spacial score (nSPS) is 15.7. The summed E-state index contributed by atoms with van der Waals surface area (Å²) in [7, 11) is 0. The Morgan fingerprint density at radius 1 is 0.400 bits per heavy atom. The minimum absolute atomic E-state index is 0. The Morgan fingerprint density at radius 2 is 0.688 bits per heavy atom. The van der Waals surface area contributed by atoms with E-state index in [2.05, 4.69) is 97.6 Å². The predicted molar refractivity (Wildman–Crippen MR) is 325 cm³/mol. The summed E-state index contributed by atoms with van der Waals surface area (Å²) in [5.74, 6) is 21.2. The van der Waals surface area contributed by atoms with Gasteiger partial charge in [0.2, 0.25) is 0 Å². The first-order chi connectivity index (χ1) is 38.7. The molecule has 6 aromatic heterocycles. The standard InChI is InChI=1S/3C21H19N3O.2C2H4.CH4/c3*1-15-6-2-3-8-20-23-19-14-16(9-11-17-7-4-5-13-22-17)10-12-18(19)21(25)24(15)20;2*1-2;/h3*4-5,7,10,12-15H,2-3,6,8H2,1H3;2*1-2H2;1H4. The van der Waals surface area contributed by atoms with Gasteiger partial charge in [0.1, 0.15) is 34.6 Å². The van der Waals surface area contributed by atoms with Crippen molar-refractivity contribution in [3.8, 4) is 35.5 Å². The molecule has 3 aliphatic heterocycles. The number of pyridine rings is 3. The van der Waals surface area contributed by atoms with Crippen LogP contribution in [0.5, 0.6) is 0 Å². The number of rotatable bonds is 0. The minimum Gasteiger partial charge on any atom is -0.293 e.